The molecule has 0 bridgehead atoms. The van der Waals surface area contributed by atoms with Crippen LogP contribution in [0.15, 0.2) is 42.6 Å². The Morgan fingerprint density at radius 3 is 2.50 bits per heavy atom. The van der Waals surface area contributed by atoms with E-state index in [9.17, 15) is 18.7 Å². The molecule has 0 aliphatic carbocycles. The van der Waals surface area contributed by atoms with Gasteiger partial charge in [0, 0.05) is 11.6 Å². The van der Waals surface area contributed by atoms with Crippen molar-refractivity contribution in [2.45, 2.75) is 5.54 Å². The Labute approximate surface area is 116 Å². The Bertz CT molecular complexity index is 531. The van der Waals surface area contributed by atoms with Gasteiger partial charge in [0.1, 0.15) is 11.6 Å². The van der Waals surface area contributed by atoms with E-state index in [4.69, 9.17) is 0 Å². The van der Waals surface area contributed by atoms with Crippen molar-refractivity contribution < 1.29 is 38.8 Å². The van der Waals surface area contributed by atoms with Gasteiger partial charge in [-0.05, 0) is 30.5 Å². The quantitative estimate of drug-likeness (QED) is 0.756. The van der Waals surface area contributed by atoms with Gasteiger partial charge in [0.05, 0.1) is 0 Å². The molecule has 2 rings (SSSR count). The second-order valence-electron chi connectivity index (χ2n) is 3.60. The molecule has 0 saturated heterocycles. The fourth-order valence-electron chi connectivity index (χ4n) is 1.71. The topological polar surface area (TPSA) is 49.3 Å². The molecule has 0 spiro atoms. The van der Waals surface area contributed by atoms with Crippen LogP contribution >= 0.6 is 0 Å². The van der Waals surface area contributed by atoms with E-state index < -0.39 is 23.1 Å². The molecule has 1 heterocycles. The Hall–Kier alpha value is -1.52. The zero-order chi connectivity index (χ0) is 12.5. The standard InChI is InChI=1S/C12H9F2NO2.Ir/c13-8-3-4-9(10(14)7-8)12(11(16)17)5-1-2-6-15-12;/h1-7,15H,(H,16,17);/q;+3. The van der Waals surface area contributed by atoms with Gasteiger partial charge in [-0.3, -0.25) is 0 Å². The number of dihydropyridines is 1. The molecule has 3 nitrogen and oxygen atoms in total. The van der Waals surface area contributed by atoms with Crippen LogP contribution in [0.1, 0.15) is 5.56 Å². The molecule has 0 aromatic heterocycles. The smallest absolute Gasteiger partial charge is 0.479 e. The molecule has 0 amide bonds. The summed E-state index contributed by atoms with van der Waals surface area (Å²) < 4.78 is 26.4. The zero-order valence-electron chi connectivity index (χ0n) is 8.99. The third-order valence-electron chi connectivity index (χ3n) is 2.56. The number of hydrogen-bond donors (Lipinski definition) is 2. The van der Waals surface area contributed by atoms with Crippen LogP contribution in [-0.4, -0.2) is 11.1 Å². The summed E-state index contributed by atoms with van der Waals surface area (Å²) in [6, 6.07) is 2.81. The predicted octanol–water partition coefficient (Wildman–Crippen LogP) is 1.92. The first-order valence-corrected chi connectivity index (χ1v) is 4.87. The summed E-state index contributed by atoms with van der Waals surface area (Å²) in [6.45, 7) is 0. The number of aliphatic carboxylic acids is 1. The van der Waals surface area contributed by atoms with Crippen LogP contribution in [0.4, 0.5) is 8.78 Å². The van der Waals surface area contributed by atoms with Crippen molar-refractivity contribution in [2.75, 3.05) is 0 Å². The molecule has 6 heteroatoms. The maximum Gasteiger partial charge on any atom is 3.00 e. The van der Waals surface area contributed by atoms with E-state index in [2.05, 4.69) is 5.32 Å². The molecule has 2 N–H and O–H groups in total. The number of hydrogen-bond acceptors (Lipinski definition) is 2. The van der Waals surface area contributed by atoms with Crippen molar-refractivity contribution in [3.05, 3.63) is 59.8 Å². The third kappa shape index (κ3) is 2.35. The van der Waals surface area contributed by atoms with Crippen LogP contribution in [0.3, 0.4) is 0 Å². The summed E-state index contributed by atoms with van der Waals surface area (Å²) >= 11 is 0. The van der Waals surface area contributed by atoms with Gasteiger partial charge in [-0.2, -0.15) is 0 Å². The Morgan fingerprint density at radius 1 is 1.28 bits per heavy atom. The number of benzene rings is 1. The molecule has 0 radical (unpaired) electrons. The second kappa shape index (κ2) is 5.42. The molecule has 1 atom stereocenters. The molecule has 1 aliphatic rings. The molecule has 1 aliphatic heterocycles. The van der Waals surface area contributed by atoms with Crippen molar-refractivity contribution in [3.63, 3.8) is 0 Å². The zero-order valence-corrected chi connectivity index (χ0v) is 11.4. The Morgan fingerprint density at radius 2 is 2.00 bits per heavy atom. The van der Waals surface area contributed by atoms with Crippen molar-refractivity contribution in [1.29, 1.82) is 0 Å². The summed E-state index contributed by atoms with van der Waals surface area (Å²) in [5.41, 5.74) is -1.82. The van der Waals surface area contributed by atoms with Crippen molar-refractivity contribution in [1.82, 2.24) is 5.32 Å². The number of rotatable bonds is 2. The first-order valence-electron chi connectivity index (χ1n) is 4.87. The maximum atomic E-state index is 13.6. The number of carboxylic acids is 1. The van der Waals surface area contributed by atoms with Crippen LogP contribution in [0.25, 0.3) is 0 Å². The largest absolute Gasteiger partial charge is 3.00 e. The Balaban J connectivity index is 0.00000162. The SMILES string of the molecule is O=C(O)C1(c2ccc(F)cc2F)C=CC=CN1.[Ir+3]. The average molecular weight is 429 g/mol. The van der Waals surface area contributed by atoms with Gasteiger partial charge < -0.3 is 10.4 Å². The maximum absolute atomic E-state index is 13.6. The van der Waals surface area contributed by atoms with E-state index in [0.29, 0.717) is 6.07 Å². The third-order valence-corrected chi connectivity index (χ3v) is 2.56. The van der Waals surface area contributed by atoms with Crippen LogP contribution < -0.4 is 5.32 Å². The van der Waals surface area contributed by atoms with Gasteiger partial charge >= 0.3 is 26.1 Å². The van der Waals surface area contributed by atoms with Gasteiger partial charge in [0.15, 0.2) is 5.54 Å². The minimum atomic E-state index is -1.69. The fraction of sp³-hybridized carbons (Fsp3) is 0.0833. The molecule has 0 saturated carbocycles. The monoisotopic (exact) mass is 430 g/mol. The molecular weight excluding hydrogens is 420 g/mol. The summed E-state index contributed by atoms with van der Waals surface area (Å²) in [4.78, 5) is 11.3. The summed E-state index contributed by atoms with van der Waals surface area (Å²) in [6.07, 6.45) is 5.79. The molecule has 0 fully saturated rings. The minimum Gasteiger partial charge on any atom is -0.479 e. The molecule has 18 heavy (non-hydrogen) atoms. The van der Waals surface area contributed by atoms with Gasteiger partial charge in [-0.1, -0.05) is 6.08 Å². The summed E-state index contributed by atoms with van der Waals surface area (Å²) in [7, 11) is 0. The number of allylic oxidation sites excluding steroid dienone is 2. The Kier molecular flexibility index (Phi) is 4.37. The number of halogens is 2. The predicted molar refractivity (Wildman–Crippen MR) is 57.1 cm³/mol. The van der Waals surface area contributed by atoms with Crippen molar-refractivity contribution in [2.24, 2.45) is 0 Å². The van der Waals surface area contributed by atoms with Gasteiger partial charge in [0.2, 0.25) is 0 Å². The molecular formula is C12H9F2IrNO2+3. The summed E-state index contributed by atoms with van der Waals surface area (Å²) in [5.74, 6) is -2.91. The van der Waals surface area contributed by atoms with Gasteiger partial charge in [-0.15, -0.1) is 0 Å². The van der Waals surface area contributed by atoms with Crippen molar-refractivity contribution in [3.8, 4) is 0 Å². The minimum absolute atomic E-state index is 0. The van der Waals surface area contributed by atoms with E-state index in [1.165, 1.54) is 18.4 Å². The second-order valence-corrected chi connectivity index (χ2v) is 3.60. The van der Waals surface area contributed by atoms with Crippen LogP contribution in [-0.2, 0) is 30.4 Å². The van der Waals surface area contributed by atoms with Gasteiger partial charge in [-0.25, -0.2) is 13.6 Å². The van der Waals surface area contributed by atoms with E-state index in [1.807, 2.05) is 0 Å². The van der Waals surface area contributed by atoms with E-state index >= 15 is 0 Å². The van der Waals surface area contributed by atoms with Gasteiger partial charge in [0.25, 0.3) is 0 Å². The molecule has 1 unspecified atom stereocenters. The molecule has 1 aromatic rings. The van der Waals surface area contributed by atoms with E-state index in [1.54, 1.807) is 6.08 Å². The normalized spacial score (nSPS) is 21.0. The number of nitrogens with one attached hydrogen (secondary N) is 1. The number of carbonyl (C=O) groups is 1. The first kappa shape index (κ1) is 14.5. The molecule has 94 valence electrons. The first-order chi connectivity index (χ1) is 8.06. The van der Waals surface area contributed by atoms with Crippen LogP contribution in [0.2, 0.25) is 0 Å². The van der Waals surface area contributed by atoms with E-state index in [-0.39, 0.29) is 25.7 Å². The number of carboxylic acid groups (broad SMARTS) is 1. The van der Waals surface area contributed by atoms with E-state index in [0.717, 1.165) is 12.1 Å². The van der Waals surface area contributed by atoms with Crippen LogP contribution in [0, 0.1) is 11.6 Å². The van der Waals surface area contributed by atoms with Crippen molar-refractivity contribution >= 4 is 5.97 Å². The molecule has 1 aromatic carbocycles. The van der Waals surface area contributed by atoms with Crippen LogP contribution in [0.5, 0.6) is 0 Å². The fourth-order valence-corrected chi connectivity index (χ4v) is 1.71. The average Bonchev–Trinajstić information content (AvgIpc) is 2.29. The summed E-state index contributed by atoms with van der Waals surface area (Å²) in [5, 5.41) is 11.8.